The van der Waals surface area contributed by atoms with Crippen LogP contribution in [0.3, 0.4) is 0 Å². The molecule has 5 nitrogen and oxygen atoms in total. The van der Waals surface area contributed by atoms with E-state index in [4.69, 9.17) is 5.11 Å². The van der Waals surface area contributed by atoms with Crippen molar-refractivity contribution in [2.24, 2.45) is 0 Å². The molecule has 1 aromatic rings. The van der Waals surface area contributed by atoms with Crippen LogP contribution in [0.4, 0.5) is 15.8 Å². The number of nitrogens with one attached hydrogen (secondary N) is 1. The molecule has 0 atom stereocenters. The minimum atomic E-state index is -1.13. The Hall–Kier alpha value is -2.11. The van der Waals surface area contributed by atoms with Gasteiger partial charge >= 0.3 is 5.97 Å². The molecule has 1 heterocycles. The predicted octanol–water partition coefficient (Wildman–Crippen LogP) is 1.06. The summed E-state index contributed by atoms with van der Waals surface area (Å²) in [5.41, 5.74) is 0.453. The van der Waals surface area contributed by atoms with Gasteiger partial charge in [0.2, 0.25) is 5.91 Å². The Morgan fingerprint density at radius 3 is 3.00 bits per heavy atom. The number of benzene rings is 1. The smallest absolute Gasteiger partial charge is 0.323 e. The Labute approximate surface area is 96.8 Å². The highest BCUT2D eigenvalue weighted by Crippen LogP contribution is 2.30. The molecule has 0 saturated carbocycles. The fourth-order valence-corrected chi connectivity index (χ4v) is 1.79. The number of hydrogen-bond acceptors (Lipinski definition) is 3. The molecule has 0 saturated heterocycles. The lowest BCUT2D eigenvalue weighted by molar-refractivity contribution is -0.136. The van der Waals surface area contributed by atoms with E-state index in [1.165, 1.54) is 18.2 Å². The van der Waals surface area contributed by atoms with Crippen LogP contribution in [0.15, 0.2) is 18.2 Å². The average molecular weight is 238 g/mol. The first-order valence-electron chi connectivity index (χ1n) is 5.14. The van der Waals surface area contributed by atoms with Crippen LogP contribution in [0.1, 0.15) is 6.42 Å². The molecule has 0 spiro atoms. The highest BCUT2D eigenvalue weighted by molar-refractivity contribution is 6.01. The van der Waals surface area contributed by atoms with Gasteiger partial charge in [0, 0.05) is 13.0 Å². The van der Waals surface area contributed by atoms with Crippen molar-refractivity contribution in [3.63, 3.8) is 0 Å². The third-order valence-corrected chi connectivity index (χ3v) is 2.52. The standard InChI is InChI=1S/C11H11FN2O3/c12-7-2-1-3-8-11(7)13-5-4-9(15)14(8)6-10(16)17/h1-3,13H,4-6H2,(H,16,17). The Morgan fingerprint density at radius 1 is 1.53 bits per heavy atom. The first kappa shape index (κ1) is 11.4. The van der Waals surface area contributed by atoms with Crippen molar-refractivity contribution in [3.05, 3.63) is 24.0 Å². The molecule has 2 N–H and O–H groups in total. The summed E-state index contributed by atoms with van der Waals surface area (Å²) in [5, 5.41) is 11.6. The van der Waals surface area contributed by atoms with Gasteiger partial charge in [-0.05, 0) is 12.1 Å². The molecular formula is C11H11FN2O3. The number of nitrogens with zero attached hydrogens (tertiary/aromatic N) is 1. The number of fused-ring (bicyclic) bond motifs is 1. The van der Waals surface area contributed by atoms with Crippen LogP contribution in [-0.2, 0) is 9.59 Å². The second-order valence-electron chi connectivity index (χ2n) is 3.68. The van der Waals surface area contributed by atoms with Gasteiger partial charge in [-0.25, -0.2) is 4.39 Å². The number of amides is 1. The first-order chi connectivity index (χ1) is 8.09. The number of hydrogen-bond donors (Lipinski definition) is 2. The molecule has 0 unspecified atom stereocenters. The van der Waals surface area contributed by atoms with Crippen molar-refractivity contribution in [1.82, 2.24) is 0 Å². The summed E-state index contributed by atoms with van der Waals surface area (Å²) in [6.45, 7) is -0.167. The monoisotopic (exact) mass is 238 g/mol. The number of carboxylic acids is 1. The van der Waals surface area contributed by atoms with Crippen molar-refractivity contribution < 1.29 is 19.1 Å². The molecule has 0 bridgehead atoms. The van der Waals surface area contributed by atoms with E-state index < -0.39 is 18.3 Å². The topological polar surface area (TPSA) is 69.6 Å². The molecule has 0 radical (unpaired) electrons. The van der Waals surface area contributed by atoms with Gasteiger partial charge in [-0.1, -0.05) is 6.07 Å². The largest absolute Gasteiger partial charge is 0.480 e. The summed E-state index contributed by atoms with van der Waals surface area (Å²) in [6.07, 6.45) is 0.140. The summed E-state index contributed by atoms with van der Waals surface area (Å²) in [6, 6.07) is 4.24. The zero-order valence-electron chi connectivity index (χ0n) is 8.94. The zero-order valence-corrected chi connectivity index (χ0v) is 8.94. The predicted molar refractivity (Wildman–Crippen MR) is 59.5 cm³/mol. The number of aliphatic carboxylic acids is 1. The summed E-state index contributed by atoms with van der Waals surface area (Å²) in [5.74, 6) is -1.95. The Bertz CT molecular complexity index is 476. The van der Waals surface area contributed by atoms with Crippen LogP contribution in [0.5, 0.6) is 0 Å². The fraction of sp³-hybridized carbons (Fsp3) is 0.273. The van der Waals surface area contributed by atoms with Crippen LogP contribution in [0.25, 0.3) is 0 Å². The van der Waals surface area contributed by atoms with Gasteiger partial charge in [0.1, 0.15) is 12.4 Å². The lowest BCUT2D eigenvalue weighted by Gasteiger charge is -2.20. The molecule has 90 valence electrons. The van der Waals surface area contributed by atoms with E-state index in [1.54, 1.807) is 0 Å². The van der Waals surface area contributed by atoms with Crippen LogP contribution in [-0.4, -0.2) is 30.1 Å². The molecule has 1 aliphatic rings. The maximum atomic E-state index is 13.5. The number of carboxylic acid groups (broad SMARTS) is 1. The lowest BCUT2D eigenvalue weighted by Crippen LogP contribution is -2.35. The number of anilines is 2. The van der Waals surface area contributed by atoms with Gasteiger partial charge in [-0.3, -0.25) is 14.5 Å². The number of rotatable bonds is 2. The van der Waals surface area contributed by atoms with Crippen molar-refractivity contribution in [2.75, 3.05) is 23.3 Å². The van der Waals surface area contributed by atoms with Gasteiger partial charge < -0.3 is 10.4 Å². The van der Waals surface area contributed by atoms with Crippen LogP contribution in [0, 0.1) is 5.82 Å². The minimum Gasteiger partial charge on any atom is -0.480 e. The molecular weight excluding hydrogens is 227 g/mol. The Balaban J connectivity index is 2.47. The summed E-state index contributed by atoms with van der Waals surface area (Å²) >= 11 is 0. The molecule has 1 aromatic carbocycles. The van der Waals surface area contributed by atoms with Crippen molar-refractivity contribution in [3.8, 4) is 0 Å². The van der Waals surface area contributed by atoms with Gasteiger partial charge in [-0.15, -0.1) is 0 Å². The van der Waals surface area contributed by atoms with Crippen LogP contribution in [0.2, 0.25) is 0 Å². The fourth-order valence-electron chi connectivity index (χ4n) is 1.79. The number of carbonyl (C=O) groups excluding carboxylic acids is 1. The summed E-state index contributed by atoms with van der Waals surface area (Å²) in [4.78, 5) is 23.5. The normalized spacial score (nSPS) is 14.9. The molecule has 2 rings (SSSR count). The number of carbonyl (C=O) groups is 2. The van der Waals surface area contributed by atoms with Gasteiger partial charge in [0.25, 0.3) is 0 Å². The van der Waals surface area contributed by atoms with Gasteiger partial charge in [0.15, 0.2) is 0 Å². The number of para-hydroxylation sites is 1. The van der Waals surface area contributed by atoms with E-state index in [9.17, 15) is 14.0 Å². The van der Waals surface area contributed by atoms with E-state index in [2.05, 4.69) is 5.32 Å². The van der Waals surface area contributed by atoms with Crippen molar-refractivity contribution in [2.45, 2.75) is 6.42 Å². The maximum Gasteiger partial charge on any atom is 0.323 e. The first-order valence-corrected chi connectivity index (χ1v) is 5.14. The molecule has 17 heavy (non-hydrogen) atoms. The summed E-state index contributed by atoms with van der Waals surface area (Å²) in [7, 11) is 0. The summed E-state index contributed by atoms with van der Waals surface area (Å²) < 4.78 is 13.5. The molecule has 6 heteroatoms. The van der Waals surface area contributed by atoms with E-state index in [0.717, 1.165) is 4.90 Å². The molecule has 0 aliphatic carbocycles. The average Bonchev–Trinajstić information content (AvgIpc) is 2.41. The van der Waals surface area contributed by atoms with Gasteiger partial charge in [0.05, 0.1) is 11.4 Å². The van der Waals surface area contributed by atoms with Crippen LogP contribution >= 0.6 is 0 Å². The third kappa shape index (κ3) is 2.20. The highest BCUT2D eigenvalue weighted by atomic mass is 19.1. The molecule has 1 amide bonds. The van der Waals surface area contributed by atoms with Crippen molar-refractivity contribution >= 4 is 23.3 Å². The molecule has 0 fully saturated rings. The molecule has 0 aromatic heterocycles. The second kappa shape index (κ2) is 4.40. The Kier molecular flexibility index (Phi) is 2.95. The van der Waals surface area contributed by atoms with E-state index in [-0.39, 0.29) is 23.7 Å². The quantitative estimate of drug-likeness (QED) is 0.808. The minimum absolute atomic E-state index is 0.140. The van der Waals surface area contributed by atoms with Crippen LogP contribution < -0.4 is 10.2 Å². The van der Waals surface area contributed by atoms with Gasteiger partial charge in [-0.2, -0.15) is 0 Å². The Morgan fingerprint density at radius 2 is 2.29 bits per heavy atom. The lowest BCUT2D eigenvalue weighted by atomic mass is 10.2. The van der Waals surface area contributed by atoms with E-state index in [1.807, 2.05) is 0 Å². The van der Waals surface area contributed by atoms with E-state index in [0.29, 0.717) is 6.54 Å². The number of halogens is 1. The maximum absolute atomic E-state index is 13.5. The third-order valence-electron chi connectivity index (χ3n) is 2.52. The SMILES string of the molecule is O=C(O)CN1C(=O)CCNc2c(F)cccc21. The highest BCUT2D eigenvalue weighted by Gasteiger charge is 2.25. The van der Waals surface area contributed by atoms with E-state index >= 15 is 0 Å². The molecule has 1 aliphatic heterocycles. The zero-order chi connectivity index (χ0) is 12.4. The second-order valence-corrected chi connectivity index (χ2v) is 3.68. The van der Waals surface area contributed by atoms with Crippen molar-refractivity contribution in [1.29, 1.82) is 0 Å².